The summed E-state index contributed by atoms with van der Waals surface area (Å²) in [6, 6.07) is 1.08. The number of alkyl carbamates (subject to hydrolysis) is 1. The molecule has 1 amide bonds. The van der Waals surface area contributed by atoms with E-state index < -0.39 is 5.60 Å². The Morgan fingerprint density at radius 2 is 2.05 bits per heavy atom. The molecule has 1 aliphatic rings. The van der Waals surface area contributed by atoms with Crippen LogP contribution in [0, 0.1) is 5.92 Å². The van der Waals surface area contributed by atoms with Crippen LogP contribution in [0.4, 0.5) is 4.79 Å². The van der Waals surface area contributed by atoms with Gasteiger partial charge in [-0.05, 0) is 52.9 Å². The van der Waals surface area contributed by atoms with Gasteiger partial charge in [0.1, 0.15) is 5.60 Å². The van der Waals surface area contributed by atoms with Gasteiger partial charge in [-0.1, -0.05) is 13.3 Å². The second-order valence-corrected chi connectivity index (χ2v) is 6.66. The summed E-state index contributed by atoms with van der Waals surface area (Å²) in [7, 11) is 0. The number of carbonyl (C=O) groups excluding carboxylic acids is 1. The molecule has 4 heteroatoms. The van der Waals surface area contributed by atoms with Crippen LogP contribution in [0.25, 0.3) is 0 Å². The van der Waals surface area contributed by atoms with E-state index in [-0.39, 0.29) is 6.09 Å². The molecule has 0 aromatic rings. The van der Waals surface area contributed by atoms with Crippen LogP contribution >= 0.6 is 0 Å². The monoisotopic (exact) mass is 270 g/mol. The van der Waals surface area contributed by atoms with Gasteiger partial charge < -0.3 is 15.4 Å². The molecule has 19 heavy (non-hydrogen) atoms. The molecule has 3 atom stereocenters. The minimum Gasteiger partial charge on any atom is -0.444 e. The molecule has 112 valence electrons. The first-order valence-electron chi connectivity index (χ1n) is 7.54. The molecule has 0 bridgehead atoms. The van der Waals surface area contributed by atoms with E-state index in [1.165, 1.54) is 19.3 Å². The lowest BCUT2D eigenvalue weighted by Crippen LogP contribution is -2.43. The molecule has 0 heterocycles. The van der Waals surface area contributed by atoms with Gasteiger partial charge in [-0.2, -0.15) is 0 Å². The van der Waals surface area contributed by atoms with Crippen LogP contribution in [-0.2, 0) is 4.74 Å². The summed E-state index contributed by atoms with van der Waals surface area (Å²) >= 11 is 0. The first-order chi connectivity index (χ1) is 8.81. The third kappa shape index (κ3) is 6.28. The zero-order chi connectivity index (χ0) is 14.5. The normalized spacial score (nSPS) is 25.1. The Hall–Kier alpha value is -0.770. The summed E-state index contributed by atoms with van der Waals surface area (Å²) in [6.07, 6.45) is 4.48. The van der Waals surface area contributed by atoms with Gasteiger partial charge in [-0.15, -0.1) is 0 Å². The fourth-order valence-electron chi connectivity index (χ4n) is 2.51. The van der Waals surface area contributed by atoms with Crippen LogP contribution in [0.2, 0.25) is 0 Å². The Kier molecular flexibility index (Phi) is 6.11. The first-order valence-corrected chi connectivity index (χ1v) is 7.54. The molecule has 0 radical (unpaired) electrons. The number of ether oxygens (including phenoxy) is 1. The summed E-state index contributed by atoms with van der Waals surface area (Å²) < 4.78 is 5.26. The smallest absolute Gasteiger partial charge is 0.407 e. The zero-order valence-electron chi connectivity index (χ0n) is 13.1. The SMILES string of the molecule is CCC(C)NC1CCCC1CNC(=O)OC(C)(C)C. The lowest BCUT2D eigenvalue weighted by molar-refractivity contribution is 0.0517. The summed E-state index contributed by atoms with van der Waals surface area (Å²) in [5.74, 6) is 0.529. The molecule has 1 aliphatic carbocycles. The molecular formula is C15H30N2O2. The molecular weight excluding hydrogens is 240 g/mol. The van der Waals surface area contributed by atoms with Crippen molar-refractivity contribution in [1.82, 2.24) is 10.6 Å². The van der Waals surface area contributed by atoms with Gasteiger partial charge in [0.05, 0.1) is 0 Å². The van der Waals surface area contributed by atoms with E-state index in [0.29, 0.717) is 24.5 Å². The van der Waals surface area contributed by atoms with Crippen molar-refractivity contribution in [2.24, 2.45) is 5.92 Å². The van der Waals surface area contributed by atoms with Crippen molar-refractivity contribution >= 4 is 6.09 Å². The van der Waals surface area contributed by atoms with Crippen LogP contribution in [0.3, 0.4) is 0 Å². The van der Waals surface area contributed by atoms with E-state index in [1.54, 1.807) is 0 Å². The van der Waals surface area contributed by atoms with Crippen LogP contribution in [0.15, 0.2) is 0 Å². The zero-order valence-corrected chi connectivity index (χ0v) is 13.1. The average molecular weight is 270 g/mol. The average Bonchev–Trinajstić information content (AvgIpc) is 2.71. The van der Waals surface area contributed by atoms with Gasteiger partial charge in [0.25, 0.3) is 0 Å². The Morgan fingerprint density at radius 1 is 1.37 bits per heavy atom. The maximum atomic E-state index is 11.6. The summed E-state index contributed by atoms with van der Waals surface area (Å²) in [5, 5.41) is 6.56. The first kappa shape index (κ1) is 16.3. The number of carbonyl (C=O) groups is 1. The molecule has 1 rings (SSSR count). The summed E-state index contributed by atoms with van der Waals surface area (Å²) in [4.78, 5) is 11.6. The van der Waals surface area contributed by atoms with Crippen LogP contribution in [-0.4, -0.2) is 30.3 Å². The van der Waals surface area contributed by atoms with Gasteiger partial charge in [-0.3, -0.25) is 0 Å². The number of rotatable bonds is 5. The molecule has 0 aromatic heterocycles. The highest BCUT2D eigenvalue weighted by Gasteiger charge is 2.28. The Morgan fingerprint density at radius 3 is 2.63 bits per heavy atom. The summed E-state index contributed by atoms with van der Waals surface area (Å²) in [6.45, 7) is 10.8. The fraction of sp³-hybridized carbons (Fsp3) is 0.933. The molecule has 0 aliphatic heterocycles. The van der Waals surface area contributed by atoms with E-state index in [1.807, 2.05) is 20.8 Å². The van der Waals surface area contributed by atoms with Gasteiger partial charge in [0.2, 0.25) is 0 Å². The predicted octanol–water partition coefficient (Wildman–Crippen LogP) is 3.07. The molecule has 0 spiro atoms. The summed E-state index contributed by atoms with van der Waals surface area (Å²) in [5.41, 5.74) is -0.422. The van der Waals surface area contributed by atoms with E-state index >= 15 is 0 Å². The molecule has 1 fully saturated rings. The minimum atomic E-state index is -0.422. The van der Waals surface area contributed by atoms with Crippen LogP contribution in [0.5, 0.6) is 0 Å². The van der Waals surface area contributed by atoms with Gasteiger partial charge in [0.15, 0.2) is 0 Å². The quantitative estimate of drug-likeness (QED) is 0.807. The van der Waals surface area contributed by atoms with Crippen molar-refractivity contribution in [3.05, 3.63) is 0 Å². The Balaban J connectivity index is 2.33. The highest BCUT2D eigenvalue weighted by molar-refractivity contribution is 5.67. The molecule has 3 unspecified atom stereocenters. The van der Waals surface area contributed by atoms with Crippen molar-refractivity contribution in [2.45, 2.75) is 78.0 Å². The van der Waals surface area contributed by atoms with Crippen molar-refractivity contribution in [2.75, 3.05) is 6.54 Å². The van der Waals surface area contributed by atoms with E-state index in [0.717, 1.165) is 6.42 Å². The standard InChI is InChI=1S/C15H30N2O2/c1-6-11(2)17-13-9-7-8-12(13)10-16-14(18)19-15(3,4)5/h11-13,17H,6-10H2,1-5H3,(H,16,18). The minimum absolute atomic E-state index is 0.304. The van der Waals surface area contributed by atoms with Crippen molar-refractivity contribution < 1.29 is 9.53 Å². The molecule has 0 aromatic carbocycles. The van der Waals surface area contributed by atoms with Gasteiger partial charge in [0, 0.05) is 18.6 Å². The van der Waals surface area contributed by atoms with Gasteiger partial charge in [-0.25, -0.2) is 4.79 Å². The van der Waals surface area contributed by atoms with E-state index in [9.17, 15) is 4.79 Å². The topological polar surface area (TPSA) is 50.4 Å². The third-order valence-electron chi connectivity index (χ3n) is 3.68. The molecule has 2 N–H and O–H groups in total. The lowest BCUT2D eigenvalue weighted by atomic mass is 10.0. The Bertz CT molecular complexity index is 286. The number of amides is 1. The largest absolute Gasteiger partial charge is 0.444 e. The Labute approximate surface area is 117 Å². The fourth-order valence-corrected chi connectivity index (χ4v) is 2.51. The maximum Gasteiger partial charge on any atom is 0.407 e. The molecule has 0 saturated heterocycles. The number of nitrogens with one attached hydrogen (secondary N) is 2. The van der Waals surface area contributed by atoms with Crippen molar-refractivity contribution in [3.8, 4) is 0 Å². The highest BCUT2D eigenvalue weighted by Crippen LogP contribution is 2.25. The number of hydrogen-bond donors (Lipinski definition) is 2. The van der Waals surface area contributed by atoms with Crippen LogP contribution in [0.1, 0.15) is 60.3 Å². The second-order valence-electron chi connectivity index (χ2n) is 6.66. The van der Waals surface area contributed by atoms with Crippen molar-refractivity contribution in [3.63, 3.8) is 0 Å². The maximum absolute atomic E-state index is 11.6. The predicted molar refractivity (Wildman–Crippen MR) is 78.3 cm³/mol. The molecule has 1 saturated carbocycles. The molecule has 4 nitrogen and oxygen atoms in total. The lowest BCUT2D eigenvalue weighted by Gasteiger charge is -2.25. The van der Waals surface area contributed by atoms with Crippen LogP contribution < -0.4 is 10.6 Å². The van der Waals surface area contributed by atoms with E-state index in [4.69, 9.17) is 4.74 Å². The van der Waals surface area contributed by atoms with Gasteiger partial charge >= 0.3 is 6.09 Å². The second kappa shape index (κ2) is 7.13. The third-order valence-corrected chi connectivity index (χ3v) is 3.68. The van der Waals surface area contributed by atoms with Crippen molar-refractivity contribution in [1.29, 1.82) is 0 Å². The van der Waals surface area contributed by atoms with E-state index in [2.05, 4.69) is 24.5 Å². The highest BCUT2D eigenvalue weighted by atomic mass is 16.6. The number of hydrogen-bond acceptors (Lipinski definition) is 3.